The molecule has 0 spiro atoms. The van der Waals surface area contributed by atoms with Crippen molar-refractivity contribution in [3.05, 3.63) is 0 Å². The van der Waals surface area contributed by atoms with Gasteiger partial charge < -0.3 is 5.73 Å². The van der Waals surface area contributed by atoms with Gasteiger partial charge in [0.05, 0.1) is 6.26 Å². The van der Waals surface area contributed by atoms with Gasteiger partial charge in [0.2, 0.25) is 10.0 Å². The van der Waals surface area contributed by atoms with E-state index in [1.54, 1.807) is 0 Å². The summed E-state index contributed by atoms with van der Waals surface area (Å²) >= 11 is 0. The van der Waals surface area contributed by atoms with Gasteiger partial charge in [0, 0.05) is 25.4 Å². The summed E-state index contributed by atoms with van der Waals surface area (Å²) in [5.74, 6) is 1.31. The monoisotopic (exact) mass is 316 g/mol. The highest BCUT2D eigenvalue weighted by molar-refractivity contribution is 7.88. The lowest BCUT2D eigenvalue weighted by Crippen LogP contribution is -2.40. The fraction of sp³-hybridized carbons (Fsp3) is 0.933. The number of sulfonamides is 1. The van der Waals surface area contributed by atoms with Crippen molar-refractivity contribution >= 4 is 15.8 Å². The van der Waals surface area contributed by atoms with Crippen molar-refractivity contribution < 1.29 is 13.2 Å². The molecule has 122 valence electrons. The maximum Gasteiger partial charge on any atom is 0.211 e. The fourth-order valence-corrected chi connectivity index (χ4v) is 4.61. The second-order valence-corrected chi connectivity index (χ2v) is 8.74. The predicted octanol–water partition coefficient (Wildman–Crippen LogP) is 1.38. The second kappa shape index (κ2) is 7.20. The van der Waals surface area contributed by atoms with Gasteiger partial charge in [0.25, 0.3) is 0 Å². The van der Waals surface area contributed by atoms with E-state index >= 15 is 0 Å². The molecule has 1 aliphatic heterocycles. The van der Waals surface area contributed by atoms with Gasteiger partial charge >= 0.3 is 0 Å². The third kappa shape index (κ3) is 4.76. The summed E-state index contributed by atoms with van der Waals surface area (Å²) in [4.78, 5) is 12.4. The summed E-state index contributed by atoms with van der Waals surface area (Å²) in [6, 6.07) is 0. The minimum Gasteiger partial charge on any atom is -0.330 e. The van der Waals surface area contributed by atoms with Gasteiger partial charge in [0.1, 0.15) is 5.78 Å². The molecule has 5 nitrogen and oxygen atoms in total. The number of carbonyl (C=O) groups is 1. The molecule has 0 radical (unpaired) electrons. The van der Waals surface area contributed by atoms with E-state index in [1.807, 2.05) is 0 Å². The molecule has 1 atom stereocenters. The van der Waals surface area contributed by atoms with Crippen LogP contribution in [-0.4, -0.2) is 44.4 Å². The zero-order chi connectivity index (χ0) is 15.5. The van der Waals surface area contributed by atoms with Crippen LogP contribution in [0.15, 0.2) is 0 Å². The Kier molecular flexibility index (Phi) is 5.80. The molecule has 1 aliphatic carbocycles. The first kappa shape index (κ1) is 16.9. The summed E-state index contributed by atoms with van der Waals surface area (Å²) in [6.45, 7) is 1.85. The Morgan fingerprint density at radius 2 is 1.81 bits per heavy atom. The molecule has 1 saturated heterocycles. The van der Waals surface area contributed by atoms with Gasteiger partial charge in [-0.1, -0.05) is 0 Å². The third-order valence-corrected chi connectivity index (χ3v) is 6.35. The Labute approximate surface area is 128 Å². The van der Waals surface area contributed by atoms with Crippen LogP contribution in [0.1, 0.15) is 44.9 Å². The predicted molar refractivity (Wildman–Crippen MR) is 83.3 cm³/mol. The molecule has 1 heterocycles. The molecule has 2 aliphatic rings. The van der Waals surface area contributed by atoms with Crippen molar-refractivity contribution in [3.63, 3.8) is 0 Å². The molecule has 2 rings (SSSR count). The Morgan fingerprint density at radius 1 is 1.14 bits per heavy atom. The van der Waals surface area contributed by atoms with E-state index in [4.69, 9.17) is 5.73 Å². The van der Waals surface area contributed by atoms with Crippen LogP contribution in [0, 0.1) is 17.8 Å². The van der Waals surface area contributed by atoms with Crippen LogP contribution in [0.25, 0.3) is 0 Å². The molecule has 21 heavy (non-hydrogen) atoms. The van der Waals surface area contributed by atoms with E-state index in [2.05, 4.69) is 0 Å². The molecule has 0 amide bonds. The number of nitrogens with two attached hydrogens (primary N) is 1. The van der Waals surface area contributed by atoms with Crippen LogP contribution in [0.4, 0.5) is 0 Å². The summed E-state index contributed by atoms with van der Waals surface area (Å²) < 4.78 is 24.8. The number of carbonyl (C=O) groups excluding carboxylic acids is 1. The molecule has 0 aromatic rings. The average Bonchev–Trinajstić information content (AvgIpc) is 2.47. The van der Waals surface area contributed by atoms with Crippen LogP contribution in [0.3, 0.4) is 0 Å². The number of rotatable bonds is 5. The van der Waals surface area contributed by atoms with E-state index < -0.39 is 10.0 Å². The Balaban J connectivity index is 1.83. The number of ketones is 1. The number of Topliss-reactive ketones (excluding diaryl/α,β-unsaturated/α-hetero) is 1. The first-order valence-corrected chi connectivity index (χ1v) is 9.93. The van der Waals surface area contributed by atoms with E-state index in [9.17, 15) is 13.2 Å². The normalized spacial score (nSPS) is 32.0. The van der Waals surface area contributed by atoms with Gasteiger partial charge in [-0.25, -0.2) is 12.7 Å². The topological polar surface area (TPSA) is 80.5 Å². The van der Waals surface area contributed by atoms with Gasteiger partial charge in [-0.05, 0) is 56.9 Å². The SMILES string of the molecule is CS(=O)(=O)N1CCCC(CC(=O)C2CCC(CN)CC2)C1. The van der Waals surface area contributed by atoms with Crippen LogP contribution >= 0.6 is 0 Å². The van der Waals surface area contributed by atoms with Gasteiger partial charge in [0.15, 0.2) is 0 Å². The Bertz CT molecular complexity index is 456. The third-order valence-electron chi connectivity index (χ3n) is 5.08. The maximum atomic E-state index is 12.4. The van der Waals surface area contributed by atoms with Crippen molar-refractivity contribution in [1.82, 2.24) is 4.31 Å². The molecular formula is C15H28N2O3S. The largest absolute Gasteiger partial charge is 0.330 e. The molecule has 6 heteroatoms. The smallest absolute Gasteiger partial charge is 0.211 e. The lowest BCUT2D eigenvalue weighted by Gasteiger charge is -2.32. The summed E-state index contributed by atoms with van der Waals surface area (Å²) in [5.41, 5.74) is 5.68. The minimum absolute atomic E-state index is 0.182. The standard InChI is InChI=1S/C15H28N2O3S/c1-21(19,20)17-8-2-3-13(11-17)9-15(18)14-6-4-12(10-16)5-7-14/h12-14H,2-11,16H2,1H3. The Morgan fingerprint density at radius 3 is 2.38 bits per heavy atom. The highest BCUT2D eigenvalue weighted by Crippen LogP contribution is 2.31. The van der Waals surface area contributed by atoms with E-state index in [0.717, 1.165) is 45.1 Å². The zero-order valence-corrected chi connectivity index (χ0v) is 13.8. The van der Waals surface area contributed by atoms with Crippen molar-refractivity contribution in [3.8, 4) is 0 Å². The van der Waals surface area contributed by atoms with Crippen molar-refractivity contribution in [2.75, 3.05) is 25.9 Å². The van der Waals surface area contributed by atoms with E-state index in [1.165, 1.54) is 10.6 Å². The first-order valence-electron chi connectivity index (χ1n) is 8.08. The number of hydrogen-bond acceptors (Lipinski definition) is 4. The van der Waals surface area contributed by atoms with Crippen molar-refractivity contribution in [2.45, 2.75) is 44.9 Å². The quantitative estimate of drug-likeness (QED) is 0.831. The van der Waals surface area contributed by atoms with Crippen LogP contribution in [-0.2, 0) is 14.8 Å². The lowest BCUT2D eigenvalue weighted by molar-refractivity contribution is -0.125. The number of piperidine rings is 1. The molecule has 1 saturated carbocycles. The fourth-order valence-electron chi connectivity index (χ4n) is 3.67. The van der Waals surface area contributed by atoms with E-state index in [-0.39, 0.29) is 11.8 Å². The average molecular weight is 316 g/mol. The number of nitrogens with zero attached hydrogens (tertiary/aromatic N) is 1. The maximum absolute atomic E-state index is 12.4. The lowest BCUT2D eigenvalue weighted by atomic mass is 9.78. The van der Waals surface area contributed by atoms with Crippen LogP contribution < -0.4 is 5.73 Å². The zero-order valence-electron chi connectivity index (χ0n) is 13.0. The second-order valence-electron chi connectivity index (χ2n) is 6.75. The molecule has 0 bridgehead atoms. The molecular weight excluding hydrogens is 288 g/mol. The first-order chi connectivity index (χ1) is 9.90. The summed E-state index contributed by atoms with van der Waals surface area (Å²) in [6.07, 6.45) is 7.68. The van der Waals surface area contributed by atoms with Crippen LogP contribution in [0.2, 0.25) is 0 Å². The van der Waals surface area contributed by atoms with Gasteiger partial charge in [-0.2, -0.15) is 0 Å². The summed E-state index contributed by atoms with van der Waals surface area (Å²) in [7, 11) is -3.12. The van der Waals surface area contributed by atoms with E-state index in [0.29, 0.717) is 31.2 Å². The number of hydrogen-bond donors (Lipinski definition) is 1. The Hall–Kier alpha value is -0.460. The molecule has 0 aromatic carbocycles. The summed E-state index contributed by atoms with van der Waals surface area (Å²) in [5, 5.41) is 0. The molecule has 1 unspecified atom stereocenters. The van der Waals surface area contributed by atoms with Crippen LogP contribution in [0.5, 0.6) is 0 Å². The van der Waals surface area contributed by atoms with Gasteiger partial charge in [-0.3, -0.25) is 4.79 Å². The van der Waals surface area contributed by atoms with Crippen molar-refractivity contribution in [2.24, 2.45) is 23.5 Å². The van der Waals surface area contributed by atoms with Gasteiger partial charge in [-0.15, -0.1) is 0 Å². The highest BCUT2D eigenvalue weighted by Gasteiger charge is 2.31. The highest BCUT2D eigenvalue weighted by atomic mass is 32.2. The molecule has 2 N–H and O–H groups in total. The van der Waals surface area contributed by atoms with Crippen molar-refractivity contribution in [1.29, 1.82) is 0 Å². The minimum atomic E-state index is -3.12. The molecule has 2 fully saturated rings. The molecule has 0 aromatic heterocycles.